The molecule has 52 heavy (non-hydrogen) atoms. The van der Waals surface area contributed by atoms with Gasteiger partial charge >= 0.3 is 0 Å². The fourth-order valence-corrected chi connectivity index (χ4v) is 8.09. The molecule has 3 amide bonds. The van der Waals surface area contributed by atoms with Gasteiger partial charge in [0.2, 0.25) is 11.8 Å². The number of piperazine rings is 1. The molecule has 1 atom stereocenters. The van der Waals surface area contributed by atoms with E-state index in [1.807, 2.05) is 18.2 Å². The highest BCUT2D eigenvalue weighted by atomic mass is 35.5. The smallest absolute Gasteiger partial charge is 0.272 e. The number of halogens is 1. The van der Waals surface area contributed by atoms with Crippen LogP contribution >= 0.6 is 11.6 Å². The van der Waals surface area contributed by atoms with Gasteiger partial charge in [-0.3, -0.25) is 24.6 Å². The zero-order chi connectivity index (χ0) is 36.0. The third kappa shape index (κ3) is 8.65. The number of benzene rings is 2. The largest absolute Gasteiger partial charge is 0.490 e. The van der Waals surface area contributed by atoms with E-state index in [1.54, 1.807) is 24.3 Å². The monoisotopic (exact) mass is 724 g/mol. The predicted octanol–water partition coefficient (Wildman–Crippen LogP) is 4.68. The molecule has 4 fully saturated rings. The number of rotatable bonds is 9. The van der Waals surface area contributed by atoms with Crippen LogP contribution in [0, 0.1) is 17.2 Å². The first-order chi connectivity index (χ1) is 25.3. The molecule has 0 spiro atoms. The molecule has 4 aliphatic rings. The van der Waals surface area contributed by atoms with Crippen molar-refractivity contribution < 1.29 is 19.1 Å². The lowest BCUT2D eigenvalue weighted by atomic mass is 9.90. The van der Waals surface area contributed by atoms with Gasteiger partial charge in [-0.2, -0.15) is 5.26 Å². The third-order valence-electron chi connectivity index (χ3n) is 11.0. The Balaban J connectivity index is 0.799. The molecule has 3 aromatic rings. The number of hydrogen-bond acceptors (Lipinski definition) is 10. The number of imide groups is 1. The average molecular weight is 725 g/mol. The van der Waals surface area contributed by atoms with Gasteiger partial charge < -0.3 is 19.9 Å². The first-order valence-electron chi connectivity index (χ1n) is 18.5. The first kappa shape index (κ1) is 35.7. The molecule has 1 unspecified atom stereocenters. The number of hydrogen-bond donors (Lipinski definition) is 2. The second-order valence-electron chi connectivity index (χ2n) is 14.4. The normalized spacial score (nSPS) is 23.1. The molecule has 3 saturated heterocycles. The number of amides is 3. The number of ether oxygens (including phenoxy) is 1. The summed E-state index contributed by atoms with van der Waals surface area (Å²) in [6.45, 7) is 6.92. The second-order valence-corrected chi connectivity index (χ2v) is 14.8. The van der Waals surface area contributed by atoms with Crippen LogP contribution in [0.4, 0.5) is 11.5 Å². The van der Waals surface area contributed by atoms with Crippen LogP contribution in [0.1, 0.15) is 78.9 Å². The van der Waals surface area contributed by atoms with E-state index in [1.165, 1.54) is 5.69 Å². The number of piperidine rings is 2. The maximum atomic E-state index is 13.0. The molecule has 4 heterocycles. The Morgan fingerprint density at radius 2 is 1.63 bits per heavy atom. The molecule has 2 aromatic carbocycles. The lowest BCUT2D eigenvalue weighted by molar-refractivity contribution is -0.134. The van der Waals surface area contributed by atoms with E-state index in [4.69, 9.17) is 21.6 Å². The van der Waals surface area contributed by atoms with E-state index in [9.17, 15) is 14.4 Å². The predicted molar refractivity (Wildman–Crippen MR) is 197 cm³/mol. The minimum atomic E-state index is -0.249. The Morgan fingerprint density at radius 3 is 2.29 bits per heavy atom. The van der Waals surface area contributed by atoms with Crippen LogP contribution in [0.2, 0.25) is 5.02 Å². The summed E-state index contributed by atoms with van der Waals surface area (Å²) in [5.41, 5.74) is 2.90. The molecule has 0 radical (unpaired) electrons. The molecule has 2 N–H and O–H groups in total. The summed E-state index contributed by atoms with van der Waals surface area (Å²) in [7, 11) is 0. The van der Waals surface area contributed by atoms with Gasteiger partial charge in [0.25, 0.3) is 5.91 Å². The molecule has 1 aliphatic carbocycles. The van der Waals surface area contributed by atoms with E-state index in [2.05, 4.69) is 53.7 Å². The van der Waals surface area contributed by atoms with Gasteiger partial charge in [-0.1, -0.05) is 23.7 Å². The van der Waals surface area contributed by atoms with Crippen LogP contribution in [0.3, 0.4) is 0 Å². The number of nitrogens with one attached hydrogen (secondary N) is 2. The van der Waals surface area contributed by atoms with Crippen LogP contribution in [0.5, 0.6) is 5.75 Å². The summed E-state index contributed by atoms with van der Waals surface area (Å²) in [6, 6.07) is 19.2. The van der Waals surface area contributed by atoms with Gasteiger partial charge in [0, 0.05) is 70.0 Å². The molecule has 3 aliphatic heterocycles. The van der Waals surface area contributed by atoms with Gasteiger partial charge in [0.15, 0.2) is 11.5 Å². The highest BCUT2D eigenvalue weighted by Gasteiger charge is 2.29. The lowest BCUT2D eigenvalue weighted by Gasteiger charge is -2.39. The van der Waals surface area contributed by atoms with Crippen LogP contribution in [-0.2, 0) is 9.59 Å². The molecule has 0 bridgehead atoms. The summed E-state index contributed by atoms with van der Waals surface area (Å²) in [4.78, 5) is 44.0. The molecular formula is C39H45ClN8O4. The summed E-state index contributed by atoms with van der Waals surface area (Å²) in [6.07, 6.45) is 6.41. The van der Waals surface area contributed by atoms with Gasteiger partial charge in [-0.05, 0) is 92.8 Å². The lowest BCUT2D eigenvalue weighted by Crippen LogP contribution is -2.49. The Morgan fingerprint density at radius 1 is 0.885 bits per heavy atom. The van der Waals surface area contributed by atoms with E-state index < -0.39 is 0 Å². The van der Waals surface area contributed by atoms with Crippen molar-refractivity contribution in [1.82, 2.24) is 25.7 Å². The minimum absolute atomic E-state index is 0.0376. The van der Waals surface area contributed by atoms with Crippen LogP contribution in [0.15, 0.2) is 54.6 Å². The topological polar surface area (TPSA) is 144 Å². The SMILES string of the molecule is N#Cc1ccc(O[C@H]2CC[C@H](NC(=O)c3ccc(N4CCC(CN5CCN(c6ccc(C7CCC(=O)NC7=O)cc6)CC5)CC4)nn3)CC2)cc1Cl. The Hall–Kier alpha value is -4.73. The maximum absolute atomic E-state index is 13.0. The van der Waals surface area contributed by atoms with Crippen molar-refractivity contribution in [2.45, 2.75) is 69.4 Å². The van der Waals surface area contributed by atoms with Crippen molar-refractivity contribution in [3.05, 3.63) is 76.4 Å². The Bertz CT molecular complexity index is 1780. The fourth-order valence-electron chi connectivity index (χ4n) is 7.88. The number of anilines is 2. The summed E-state index contributed by atoms with van der Waals surface area (Å²) in [5.74, 6) is 1.27. The summed E-state index contributed by atoms with van der Waals surface area (Å²) >= 11 is 6.14. The molecule has 1 aromatic heterocycles. The third-order valence-corrected chi connectivity index (χ3v) is 11.3. The zero-order valence-electron chi connectivity index (χ0n) is 29.3. The van der Waals surface area contributed by atoms with Gasteiger partial charge in [-0.25, -0.2) is 0 Å². The van der Waals surface area contributed by atoms with E-state index in [0.717, 1.165) is 95.7 Å². The molecule has 272 valence electrons. The van der Waals surface area contributed by atoms with Crippen LogP contribution in [-0.4, -0.2) is 90.8 Å². The van der Waals surface area contributed by atoms with Gasteiger partial charge in [-0.15, -0.1) is 10.2 Å². The van der Waals surface area contributed by atoms with Crippen molar-refractivity contribution in [1.29, 1.82) is 5.26 Å². The highest BCUT2D eigenvalue weighted by Crippen LogP contribution is 2.29. The maximum Gasteiger partial charge on any atom is 0.272 e. The molecule has 13 heteroatoms. The van der Waals surface area contributed by atoms with Crippen molar-refractivity contribution in [2.24, 2.45) is 5.92 Å². The number of aromatic nitrogens is 2. The second kappa shape index (κ2) is 16.3. The van der Waals surface area contributed by atoms with Crippen molar-refractivity contribution in [3.8, 4) is 11.8 Å². The molecule has 12 nitrogen and oxygen atoms in total. The number of nitriles is 1. The Labute approximate surface area is 309 Å². The zero-order valence-corrected chi connectivity index (χ0v) is 30.1. The molecule has 1 saturated carbocycles. The summed E-state index contributed by atoms with van der Waals surface area (Å²) in [5, 5.41) is 23.7. The molecule has 7 rings (SSSR count). The van der Waals surface area contributed by atoms with E-state index >= 15 is 0 Å². The van der Waals surface area contributed by atoms with Crippen LogP contribution in [0.25, 0.3) is 0 Å². The van der Waals surface area contributed by atoms with Crippen LogP contribution < -0.4 is 25.2 Å². The number of nitrogens with zero attached hydrogens (tertiary/aromatic N) is 6. The highest BCUT2D eigenvalue weighted by molar-refractivity contribution is 6.31. The van der Waals surface area contributed by atoms with Crippen molar-refractivity contribution >= 4 is 40.8 Å². The minimum Gasteiger partial charge on any atom is -0.490 e. The van der Waals surface area contributed by atoms with Crippen molar-refractivity contribution in [2.75, 3.05) is 55.6 Å². The van der Waals surface area contributed by atoms with E-state index in [0.29, 0.717) is 40.8 Å². The Kier molecular flexibility index (Phi) is 11.2. The van der Waals surface area contributed by atoms with Gasteiger partial charge in [0.05, 0.1) is 22.6 Å². The number of carbonyl (C=O) groups excluding carboxylic acids is 3. The van der Waals surface area contributed by atoms with Crippen molar-refractivity contribution in [3.63, 3.8) is 0 Å². The number of carbonyl (C=O) groups is 3. The first-order valence-corrected chi connectivity index (χ1v) is 18.9. The molecular weight excluding hydrogens is 680 g/mol. The average Bonchev–Trinajstić information content (AvgIpc) is 3.16. The standard InChI is InChI=1S/C39H45ClN8O4/c40-34-23-32(8-3-28(34)24-41)52-31-9-4-29(5-10-31)42-39(51)35-12-13-36(45-44-35)48-17-15-26(16-18-48)25-46-19-21-47(22-20-46)30-6-1-27(2-7-30)33-11-14-37(49)43-38(33)50/h1-3,6-8,12-13,23,26,29,31,33H,4-5,9-11,14-22,25H2,(H,42,51)(H,43,49,50)/t29-,31-,33?. The van der Waals surface area contributed by atoms with Gasteiger partial charge in [0.1, 0.15) is 11.8 Å². The fraction of sp³-hybridized carbons (Fsp3) is 0.487. The summed E-state index contributed by atoms with van der Waals surface area (Å²) < 4.78 is 6.08. The quantitative estimate of drug-likeness (QED) is 0.299. The van der Waals surface area contributed by atoms with E-state index in [-0.39, 0.29) is 35.8 Å².